The van der Waals surface area contributed by atoms with E-state index in [0.717, 1.165) is 16.7 Å². The number of carboxylic acids is 1. The summed E-state index contributed by atoms with van der Waals surface area (Å²) < 4.78 is 0. The van der Waals surface area contributed by atoms with Crippen LogP contribution >= 0.6 is 0 Å². The number of aryl methyl sites for hydroxylation is 1. The summed E-state index contributed by atoms with van der Waals surface area (Å²) in [6, 6.07) is 22.5. The SMILES string of the molecule is CC(NC(=O)C(NC(=O)CCc1ccccc1)C(C)C)C(=O)NC(CC(=O)O)C(=O)CN=C(N=NN)c1ccccc1-c1ccccc1. The normalized spacial score (nSPS) is 13.4. The number of aliphatic carboxylic acids is 1. The van der Waals surface area contributed by atoms with Crippen molar-refractivity contribution >= 4 is 35.3 Å². The number of amidine groups is 1. The molecule has 0 aliphatic heterocycles. The third-order valence-electron chi connectivity index (χ3n) is 7.38. The number of carbonyl (C=O) groups is 5. The number of carbonyl (C=O) groups excluding carboxylic acids is 4. The molecule has 3 unspecified atom stereocenters. The van der Waals surface area contributed by atoms with Gasteiger partial charge in [0.25, 0.3) is 0 Å². The summed E-state index contributed by atoms with van der Waals surface area (Å²) in [6.45, 7) is 4.36. The van der Waals surface area contributed by atoms with Gasteiger partial charge in [0.15, 0.2) is 11.6 Å². The van der Waals surface area contributed by atoms with Crippen molar-refractivity contribution in [3.8, 4) is 11.1 Å². The molecule has 0 fully saturated rings. The first kappa shape index (κ1) is 36.7. The monoisotopic (exact) mass is 655 g/mol. The smallest absolute Gasteiger partial charge is 0.305 e. The van der Waals surface area contributed by atoms with Gasteiger partial charge in [-0.1, -0.05) is 104 Å². The van der Waals surface area contributed by atoms with E-state index in [-0.39, 0.29) is 24.1 Å². The molecule has 3 amide bonds. The average molecular weight is 656 g/mol. The van der Waals surface area contributed by atoms with E-state index in [2.05, 4.69) is 31.3 Å². The number of Topliss-reactive ketones (excluding diaryl/α,β-unsaturated/α-hetero) is 1. The number of hydrogen-bond acceptors (Lipinski definition) is 7. The lowest BCUT2D eigenvalue weighted by Crippen LogP contribution is -2.56. The number of hydrogen-bond donors (Lipinski definition) is 5. The molecule has 0 aliphatic rings. The third-order valence-corrected chi connectivity index (χ3v) is 7.38. The van der Waals surface area contributed by atoms with Crippen molar-refractivity contribution < 1.29 is 29.1 Å². The molecule has 0 radical (unpaired) electrons. The van der Waals surface area contributed by atoms with Crippen LogP contribution in [0, 0.1) is 5.92 Å². The second-order valence-electron chi connectivity index (χ2n) is 11.4. The topological polar surface area (TPSA) is 205 Å². The van der Waals surface area contributed by atoms with Crippen LogP contribution in [0.4, 0.5) is 0 Å². The lowest BCUT2D eigenvalue weighted by atomic mass is 9.99. The Morgan fingerprint density at radius 1 is 0.792 bits per heavy atom. The largest absolute Gasteiger partial charge is 0.481 e. The molecule has 252 valence electrons. The molecule has 0 aromatic heterocycles. The van der Waals surface area contributed by atoms with Gasteiger partial charge in [-0.25, -0.2) is 0 Å². The molecule has 6 N–H and O–H groups in total. The number of rotatable bonds is 16. The molecular weight excluding hydrogens is 614 g/mol. The zero-order valence-electron chi connectivity index (χ0n) is 27.1. The second kappa shape index (κ2) is 18.4. The van der Waals surface area contributed by atoms with Crippen LogP contribution in [0.1, 0.15) is 44.7 Å². The zero-order valence-corrected chi connectivity index (χ0v) is 27.1. The van der Waals surface area contributed by atoms with E-state index < -0.39 is 54.7 Å². The summed E-state index contributed by atoms with van der Waals surface area (Å²) in [5.74, 6) is 1.32. The zero-order chi connectivity index (χ0) is 35.1. The van der Waals surface area contributed by atoms with E-state index in [4.69, 9.17) is 5.84 Å². The number of ketones is 1. The molecule has 3 atom stereocenters. The predicted octanol–water partition coefficient (Wildman–Crippen LogP) is 3.23. The van der Waals surface area contributed by atoms with E-state index in [1.165, 1.54) is 6.92 Å². The number of benzene rings is 3. The van der Waals surface area contributed by atoms with Crippen molar-refractivity contribution in [2.45, 2.75) is 58.2 Å². The molecule has 3 aromatic carbocycles. The van der Waals surface area contributed by atoms with Crippen molar-refractivity contribution in [1.82, 2.24) is 16.0 Å². The fourth-order valence-corrected chi connectivity index (χ4v) is 4.80. The fourth-order valence-electron chi connectivity index (χ4n) is 4.80. The van der Waals surface area contributed by atoms with Gasteiger partial charge in [0, 0.05) is 12.0 Å². The van der Waals surface area contributed by atoms with Crippen molar-refractivity contribution in [3.05, 3.63) is 96.1 Å². The molecule has 0 saturated carbocycles. The summed E-state index contributed by atoms with van der Waals surface area (Å²) in [5.41, 5.74) is 3.13. The highest BCUT2D eigenvalue weighted by atomic mass is 16.4. The molecule has 0 heterocycles. The maximum atomic E-state index is 13.2. The maximum absolute atomic E-state index is 13.2. The van der Waals surface area contributed by atoms with Gasteiger partial charge < -0.3 is 26.9 Å². The minimum atomic E-state index is -1.46. The Morgan fingerprint density at radius 2 is 1.42 bits per heavy atom. The standard InChI is InChI=1S/C35H41N7O6/c1-22(2)32(40-30(44)19-18-24-12-6-4-7-13-24)35(48)38-23(3)34(47)39-28(20-31(45)46)29(43)21-37-33(41-42-36)27-17-11-10-16-26(27)25-14-8-5-9-15-25/h4-17,22-23,28,32H,18-21H2,1-3H3,(H,38,48)(H,39,47)(H,40,44)(H,45,46)(H2,36,37,41). The van der Waals surface area contributed by atoms with E-state index >= 15 is 0 Å². The van der Waals surface area contributed by atoms with Gasteiger partial charge in [-0.3, -0.25) is 29.0 Å². The van der Waals surface area contributed by atoms with Gasteiger partial charge >= 0.3 is 5.97 Å². The van der Waals surface area contributed by atoms with Gasteiger partial charge in [0.1, 0.15) is 18.6 Å². The van der Waals surface area contributed by atoms with E-state index in [1.54, 1.807) is 26.0 Å². The average Bonchev–Trinajstić information content (AvgIpc) is 3.08. The van der Waals surface area contributed by atoms with Gasteiger partial charge in [-0.15, -0.1) is 5.11 Å². The molecule has 13 nitrogen and oxygen atoms in total. The molecule has 48 heavy (non-hydrogen) atoms. The Labute approximate surface area is 279 Å². The summed E-state index contributed by atoms with van der Waals surface area (Å²) >= 11 is 0. The highest BCUT2D eigenvalue weighted by Crippen LogP contribution is 2.24. The lowest BCUT2D eigenvalue weighted by Gasteiger charge is -2.24. The van der Waals surface area contributed by atoms with Crippen LogP contribution in [0.25, 0.3) is 11.1 Å². The highest BCUT2D eigenvalue weighted by molar-refractivity contribution is 6.06. The Hall–Kier alpha value is -5.72. The van der Waals surface area contributed by atoms with E-state index in [9.17, 15) is 29.1 Å². The minimum Gasteiger partial charge on any atom is -0.481 e. The van der Waals surface area contributed by atoms with Gasteiger partial charge in [0.2, 0.25) is 17.7 Å². The van der Waals surface area contributed by atoms with Crippen LogP contribution in [0.2, 0.25) is 0 Å². The highest BCUT2D eigenvalue weighted by Gasteiger charge is 2.30. The number of amides is 3. The molecule has 3 rings (SSSR count). The number of carboxylic acid groups (broad SMARTS) is 1. The maximum Gasteiger partial charge on any atom is 0.305 e. The molecule has 0 bridgehead atoms. The van der Waals surface area contributed by atoms with Gasteiger partial charge in [-0.2, -0.15) is 0 Å². The van der Waals surface area contributed by atoms with Crippen LogP contribution in [0.3, 0.4) is 0 Å². The first-order valence-corrected chi connectivity index (χ1v) is 15.5. The number of nitrogens with zero attached hydrogens (tertiary/aromatic N) is 3. The minimum absolute atomic E-state index is 0.0388. The number of nitrogens with two attached hydrogens (primary N) is 1. The predicted molar refractivity (Wildman–Crippen MR) is 181 cm³/mol. The van der Waals surface area contributed by atoms with Gasteiger partial charge in [0.05, 0.1) is 12.5 Å². The quantitative estimate of drug-likeness (QED) is 0.0512. The summed E-state index contributed by atoms with van der Waals surface area (Å²) in [6.07, 6.45) is -0.0531. The van der Waals surface area contributed by atoms with Crippen LogP contribution in [0.5, 0.6) is 0 Å². The van der Waals surface area contributed by atoms with Crippen LogP contribution in [0.15, 0.2) is 100 Å². The molecule has 3 aromatic rings. The molecule has 13 heteroatoms. The Balaban J connectivity index is 1.67. The third kappa shape index (κ3) is 11.3. The summed E-state index contributed by atoms with van der Waals surface area (Å²) in [4.78, 5) is 67.9. The Morgan fingerprint density at radius 3 is 2.04 bits per heavy atom. The number of nitrogens with one attached hydrogen (secondary N) is 3. The molecule has 0 spiro atoms. The first-order chi connectivity index (χ1) is 23.0. The van der Waals surface area contributed by atoms with Crippen LogP contribution in [-0.4, -0.2) is 65.1 Å². The van der Waals surface area contributed by atoms with Crippen molar-refractivity contribution in [1.29, 1.82) is 0 Å². The molecule has 0 saturated heterocycles. The van der Waals surface area contributed by atoms with Crippen molar-refractivity contribution in [3.63, 3.8) is 0 Å². The van der Waals surface area contributed by atoms with Crippen molar-refractivity contribution in [2.75, 3.05) is 6.54 Å². The number of aliphatic imine (C=N–C) groups is 1. The summed E-state index contributed by atoms with van der Waals surface area (Å²) in [5, 5.41) is 24.4. The van der Waals surface area contributed by atoms with E-state index in [0.29, 0.717) is 12.0 Å². The van der Waals surface area contributed by atoms with Gasteiger partial charge in [-0.05, 0) is 36.0 Å². The Bertz CT molecular complexity index is 1630. The van der Waals surface area contributed by atoms with Crippen LogP contribution < -0.4 is 21.8 Å². The fraction of sp³-hybridized carbons (Fsp3) is 0.314. The van der Waals surface area contributed by atoms with Crippen LogP contribution in [-0.2, 0) is 30.4 Å². The lowest BCUT2D eigenvalue weighted by molar-refractivity contribution is -0.140. The summed E-state index contributed by atoms with van der Waals surface area (Å²) in [7, 11) is 0. The van der Waals surface area contributed by atoms with E-state index in [1.807, 2.05) is 72.8 Å². The van der Waals surface area contributed by atoms with Crippen molar-refractivity contribution in [2.24, 2.45) is 27.1 Å². The molecule has 0 aliphatic carbocycles. The Kier molecular flexibility index (Phi) is 14.1. The first-order valence-electron chi connectivity index (χ1n) is 15.5. The second-order valence-corrected chi connectivity index (χ2v) is 11.4. The molecular formula is C35H41N7O6.